The van der Waals surface area contributed by atoms with Gasteiger partial charge in [-0.05, 0) is 30.0 Å². The van der Waals surface area contributed by atoms with Crippen LogP contribution >= 0.6 is 0 Å². The minimum absolute atomic E-state index is 0.231. The Morgan fingerprint density at radius 2 is 1.60 bits per heavy atom. The number of ether oxygens (including phenoxy) is 1. The molecule has 2 aromatic carbocycles. The summed E-state index contributed by atoms with van der Waals surface area (Å²) in [6.07, 6.45) is 0.846. The van der Waals surface area contributed by atoms with Crippen LogP contribution < -0.4 is 4.74 Å². The maximum Gasteiger partial charge on any atom is 0.128 e. The third-order valence-corrected chi connectivity index (χ3v) is 3.53. The summed E-state index contributed by atoms with van der Waals surface area (Å²) in [7, 11) is 0. The minimum Gasteiger partial charge on any atom is -0.487 e. The summed E-state index contributed by atoms with van der Waals surface area (Å²) in [5.74, 6) is 0.872. The molecular formula is C18H22O2. The van der Waals surface area contributed by atoms with E-state index >= 15 is 0 Å². The van der Waals surface area contributed by atoms with Gasteiger partial charge in [0.15, 0.2) is 0 Å². The second-order valence-electron chi connectivity index (χ2n) is 4.88. The van der Waals surface area contributed by atoms with Gasteiger partial charge in [0.25, 0.3) is 0 Å². The first-order valence-corrected chi connectivity index (χ1v) is 7.23. The molecule has 0 aliphatic rings. The van der Waals surface area contributed by atoms with E-state index < -0.39 is 6.10 Å². The van der Waals surface area contributed by atoms with Gasteiger partial charge in [0.1, 0.15) is 18.0 Å². The molecule has 0 aliphatic heterocycles. The summed E-state index contributed by atoms with van der Waals surface area (Å²) in [5.41, 5.74) is 2.07. The van der Waals surface area contributed by atoms with E-state index in [0.717, 1.165) is 24.2 Å². The lowest BCUT2D eigenvalue weighted by molar-refractivity contribution is 0.0326. The summed E-state index contributed by atoms with van der Waals surface area (Å²) in [4.78, 5) is 0. The van der Waals surface area contributed by atoms with E-state index in [4.69, 9.17) is 4.74 Å². The molecule has 2 aromatic rings. The van der Waals surface area contributed by atoms with Gasteiger partial charge in [-0.3, -0.25) is 0 Å². The molecule has 1 N–H and O–H groups in total. The summed E-state index contributed by atoms with van der Waals surface area (Å²) in [6.45, 7) is 4.14. The third kappa shape index (κ3) is 3.40. The van der Waals surface area contributed by atoms with Crippen LogP contribution in [0.1, 0.15) is 37.5 Å². The molecule has 0 amide bonds. The second kappa shape index (κ2) is 7.11. The van der Waals surface area contributed by atoms with Crippen LogP contribution in [-0.4, -0.2) is 11.2 Å². The molecule has 2 rings (SSSR count). The predicted octanol–water partition coefficient (Wildman–Crippen LogP) is 4.14. The molecule has 0 saturated carbocycles. The van der Waals surface area contributed by atoms with Gasteiger partial charge in [0, 0.05) is 0 Å². The fourth-order valence-corrected chi connectivity index (χ4v) is 2.31. The first-order valence-electron chi connectivity index (χ1n) is 7.23. The number of para-hydroxylation sites is 1. The van der Waals surface area contributed by atoms with E-state index in [1.807, 2.05) is 55.5 Å². The largest absolute Gasteiger partial charge is 0.487 e. The van der Waals surface area contributed by atoms with Crippen molar-refractivity contribution in [3.8, 4) is 5.75 Å². The summed E-state index contributed by atoms with van der Waals surface area (Å²) < 4.78 is 6.05. The summed E-state index contributed by atoms with van der Waals surface area (Å²) in [6, 6.07) is 17.7. The minimum atomic E-state index is -0.605. The molecule has 0 aromatic heterocycles. The van der Waals surface area contributed by atoms with Crippen molar-refractivity contribution < 1.29 is 9.84 Å². The molecule has 0 radical (unpaired) electrons. The average molecular weight is 270 g/mol. The zero-order valence-corrected chi connectivity index (χ0v) is 12.1. The van der Waals surface area contributed by atoms with Crippen molar-refractivity contribution in [2.45, 2.75) is 38.9 Å². The van der Waals surface area contributed by atoms with Crippen molar-refractivity contribution in [1.29, 1.82) is 0 Å². The van der Waals surface area contributed by atoms with Crippen molar-refractivity contribution in [2.24, 2.45) is 0 Å². The summed E-state index contributed by atoms with van der Waals surface area (Å²) >= 11 is 0. The highest BCUT2D eigenvalue weighted by molar-refractivity contribution is 5.33. The molecule has 2 unspecified atom stereocenters. The van der Waals surface area contributed by atoms with E-state index in [0.29, 0.717) is 0 Å². The van der Waals surface area contributed by atoms with Crippen LogP contribution in [-0.2, 0) is 6.42 Å². The van der Waals surface area contributed by atoms with Gasteiger partial charge in [-0.2, -0.15) is 0 Å². The maximum atomic E-state index is 10.5. The van der Waals surface area contributed by atoms with Crippen LogP contribution in [0, 0.1) is 0 Å². The first kappa shape index (κ1) is 14.6. The molecule has 20 heavy (non-hydrogen) atoms. The zero-order chi connectivity index (χ0) is 14.4. The van der Waals surface area contributed by atoms with E-state index in [-0.39, 0.29) is 6.10 Å². The molecule has 0 fully saturated rings. The number of aliphatic hydroxyl groups is 1. The fraction of sp³-hybridized carbons (Fsp3) is 0.333. The van der Waals surface area contributed by atoms with Crippen molar-refractivity contribution >= 4 is 0 Å². The van der Waals surface area contributed by atoms with Gasteiger partial charge in [0.2, 0.25) is 0 Å². The molecule has 2 atom stereocenters. The number of benzene rings is 2. The van der Waals surface area contributed by atoms with E-state index in [9.17, 15) is 5.11 Å². The highest BCUT2D eigenvalue weighted by Crippen LogP contribution is 2.26. The van der Waals surface area contributed by atoms with Gasteiger partial charge in [-0.1, -0.05) is 62.4 Å². The predicted molar refractivity (Wildman–Crippen MR) is 81.9 cm³/mol. The number of aryl methyl sites for hydroxylation is 1. The second-order valence-corrected chi connectivity index (χ2v) is 4.88. The van der Waals surface area contributed by atoms with Gasteiger partial charge in [0.05, 0.1) is 0 Å². The van der Waals surface area contributed by atoms with Crippen LogP contribution in [0.3, 0.4) is 0 Å². The van der Waals surface area contributed by atoms with E-state index in [2.05, 4.69) is 13.0 Å². The Labute approximate surface area is 121 Å². The van der Waals surface area contributed by atoms with Gasteiger partial charge >= 0.3 is 0 Å². The number of aliphatic hydroxyl groups excluding tert-OH is 1. The fourth-order valence-electron chi connectivity index (χ4n) is 2.31. The van der Waals surface area contributed by atoms with Crippen LogP contribution in [0.4, 0.5) is 0 Å². The van der Waals surface area contributed by atoms with Crippen LogP contribution in [0.25, 0.3) is 0 Å². The molecule has 0 heterocycles. The van der Waals surface area contributed by atoms with Crippen molar-refractivity contribution in [1.82, 2.24) is 0 Å². The standard InChI is InChI=1S/C18H22O2/c1-3-14-10-8-9-13-17(14)20-16(4-2)18(19)15-11-6-5-7-12-15/h5-13,16,18-19H,3-4H2,1-2H3. The van der Waals surface area contributed by atoms with Gasteiger partial charge < -0.3 is 9.84 Å². The Morgan fingerprint density at radius 1 is 0.950 bits per heavy atom. The Morgan fingerprint density at radius 3 is 2.25 bits per heavy atom. The molecule has 0 aliphatic carbocycles. The lowest BCUT2D eigenvalue weighted by atomic mass is 10.0. The normalized spacial score (nSPS) is 13.8. The van der Waals surface area contributed by atoms with Crippen molar-refractivity contribution in [3.05, 3.63) is 65.7 Å². The highest BCUT2D eigenvalue weighted by atomic mass is 16.5. The smallest absolute Gasteiger partial charge is 0.128 e. The lowest BCUT2D eigenvalue weighted by Crippen LogP contribution is -2.25. The molecule has 0 bridgehead atoms. The van der Waals surface area contributed by atoms with E-state index in [1.54, 1.807) is 0 Å². The van der Waals surface area contributed by atoms with Gasteiger partial charge in [-0.15, -0.1) is 0 Å². The Balaban J connectivity index is 2.17. The Kier molecular flexibility index (Phi) is 5.19. The third-order valence-electron chi connectivity index (χ3n) is 3.53. The molecule has 106 valence electrons. The number of rotatable bonds is 6. The van der Waals surface area contributed by atoms with Crippen LogP contribution in [0.5, 0.6) is 5.75 Å². The molecule has 2 heteroatoms. The highest BCUT2D eigenvalue weighted by Gasteiger charge is 2.21. The molecule has 2 nitrogen and oxygen atoms in total. The summed E-state index contributed by atoms with van der Waals surface area (Å²) in [5, 5.41) is 10.5. The number of hydrogen-bond donors (Lipinski definition) is 1. The SMILES string of the molecule is CCc1ccccc1OC(CC)C(O)c1ccccc1. The molecule has 0 saturated heterocycles. The Bertz CT molecular complexity index is 522. The topological polar surface area (TPSA) is 29.5 Å². The average Bonchev–Trinajstić information content (AvgIpc) is 2.53. The maximum absolute atomic E-state index is 10.5. The molecule has 0 spiro atoms. The van der Waals surface area contributed by atoms with Crippen molar-refractivity contribution in [3.63, 3.8) is 0 Å². The lowest BCUT2D eigenvalue weighted by Gasteiger charge is -2.24. The van der Waals surface area contributed by atoms with Crippen molar-refractivity contribution in [2.75, 3.05) is 0 Å². The first-order chi connectivity index (χ1) is 9.76. The quantitative estimate of drug-likeness (QED) is 0.854. The van der Waals surface area contributed by atoms with E-state index in [1.165, 1.54) is 5.56 Å². The Hall–Kier alpha value is -1.80. The monoisotopic (exact) mass is 270 g/mol. The van der Waals surface area contributed by atoms with Crippen LogP contribution in [0.2, 0.25) is 0 Å². The molecular weight excluding hydrogens is 248 g/mol. The van der Waals surface area contributed by atoms with Gasteiger partial charge in [-0.25, -0.2) is 0 Å². The zero-order valence-electron chi connectivity index (χ0n) is 12.1. The number of hydrogen-bond acceptors (Lipinski definition) is 2. The van der Waals surface area contributed by atoms with Crippen LogP contribution in [0.15, 0.2) is 54.6 Å².